The SMILES string of the molecule is COc1ccc(C(=O)OCCCCOC(=O)c2ccc(OC)cc2)cc1. The molecule has 2 aromatic rings. The quantitative estimate of drug-likeness (QED) is 0.505. The molecule has 0 saturated carbocycles. The Morgan fingerprint density at radius 3 is 1.31 bits per heavy atom. The van der Waals surface area contributed by atoms with E-state index >= 15 is 0 Å². The standard InChI is InChI=1S/C20H22O6/c1-23-17-9-5-15(6-10-17)19(21)25-13-3-4-14-26-20(22)16-7-11-18(24-2)12-8-16/h5-12H,3-4,13-14H2,1-2H3. The lowest BCUT2D eigenvalue weighted by molar-refractivity contribution is 0.0432. The van der Waals surface area contributed by atoms with Gasteiger partial charge in [-0.3, -0.25) is 0 Å². The maximum atomic E-state index is 11.9. The van der Waals surface area contributed by atoms with Crippen LogP contribution < -0.4 is 9.47 Å². The maximum Gasteiger partial charge on any atom is 0.338 e. The molecule has 0 aliphatic heterocycles. The largest absolute Gasteiger partial charge is 0.497 e. The zero-order valence-corrected chi connectivity index (χ0v) is 14.9. The number of methoxy groups -OCH3 is 2. The number of hydrogen-bond acceptors (Lipinski definition) is 6. The van der Waals surface area contributed by atoms with Crippen molar-refractivity contribution in [2.24, 2.45) is 0 Å². The fraction of sp³-hybridized carbons (Fsp3) is 0.300. The van der Waals surface area contributed by atoms with E-state index in [-0.39, 0.29) is 25.2 Å². The van der Waals surface area contributed by atoms with Crippen LogP contribution in [0.5, 0.6) is 11.5 Å². The first-order chi connectivity index (χ1) is 12.6. The molecular formula is C20H22O6. The van der Waals surface area contributed by atoms with Crippen molar-refractivity contribution in [3.63, 3.8) is 0 Å². The number of carbonyl (C=O) groups is 2. The second-order valence-corrected chi connectivity index (χ2v) is 5.44. The first-order valence-electron chi connectivity index (χ1n) is 8.26. The van der Waals surface area contributed by atoms with Gasteiger partial charge < -0.3 is 18.9 Å². The molecule has 0 atom stereocenters. The van der Waals surface area contributed by atoms with Crippen molar-refractivity contribution in [2.75, 3.05) is 27.4 Å². The number of unbranched alkanes of at least 4 members (excludes halogenated alkanes) is 1. The van der Waals surface area contributed by atoms with Crippen molar-refractivity contribution in [3.05, 3.63) is 59.7 Å². The van der Waals surface area contributed by atoms with Gasteiger partial charge in [0.15, 0.2) is 0 Å². The van der Waals surface area contributed by atoms with Crippen LogP contribution in [0.25, 0.3) is 0 Å². The molecule has 0 aliphatic carbocycles. The molecule has 6 nitrogen and oxygen atoms in total. The number of benzene rings is 2. The molecule has 0 N–H and O–H groups in total. The number of carbonyl (C=O) groups excluding carboxylic acids is 2. The number of hydrogen-bond donors (Lipinski definition) is 0. The number of esters is 2. The highest BCUT2D eigenvalue weighted by atomic mass is 16.5. The van der Waals surface area contributed by atoms with Crippen LogP contribution in [0.2, 0.25) is 0 Å². The maximum absolute atomic E-state index is 11.9. The molecule has 0 aliphatic rings. The van der Waals surface area contributed by atoms with E-state index in [1.54, 1.807) is 62.8 Å². The van der Waals surface area contributed by atoms with Crippen LogP contribution in [0, 0.1) is 0 Å². The molecule has 0 aromatic heterocycles. The van der Waals surface area contributed by atoms with E-state index in [1.165, 1.54) is 0 Å². The molecule has 0 heterocycles. The molecule has 2 aromatic carbocycles. The van der Waals surface area contributed by atoms with Gasteiger partial charge in [0.25, 0.3) is 0 Å². The molecule has 0 bridgehead atoms. The lowest BCUT2D eigenvalue weighted by Gasteiger charge is -2.07. The lowest BCUT2D eigenvalue weighted by Crippen LogP contribution is -2.09. The van der Waals surface area contributed by atoms with E-state index < -0.39 is 0 Å². The monoisotopic (exact) mass is 358 g/mol. The van der Waals surface area contributed by atoms with Crippen molar-refractivity contribution in [3.8, 4) is 11.5 Å². The summed E-state index contributed by atoms with van der Waals surface area (Å²) in [5.41, 5.74) is 0.938. The Kier molecular flexibility index (Phi) is 7.49. The van der Waals surface area contributed by atoms with Crippen molar-refractivity contribution >= 4 is 11.9 Å². The van der Waals surface area contributed by atoms with Crippen LogP contribution in [-0.4, -0.2) is 39.4 Å². The molecule has 138 valence electrons. The van der Waals surface area contributed by atoms with Gasteiger partial charge in [-0.1, -0.05) is 0 Å². The summed E-state index contributed by atoms with van der Waals surface area (Å²) in [6.07, 6.45) is 1.22. The summed E-state index contributed by atoms with van der Waals surface area (Å²) in [5.74, 6) is 0.589. The second kappa shape index (κ2) is 10.1. The Balaban J connectivity index is 1.62. The minimum absolute atomic E-state index is 0.269. The van der Waals surface area contributed by atoms with Crippen molar-refractivity contribution in [1.82, 2.24) is 0 Å². The minimum Gasteiger partial charge on any atom is -0.497 e. The summed E-state index contributed by atoms with van der Waals surface area (Å²) in [7, 11) is 3.13. The number of ether oxygens (including phenoxy) is 4. The molecule has 2 rings (SSSR count). The van der Waals surface area contributed by atoms with Crippen LogP contribution in [0.4, 0.5) is 0 Å². The molecule has 0 saturated heterocycles. The Morgan fingerprint density at radius 2 is 1.00 bits per heavy atom. The smallest absolute Gasteiger partial charge is 0.338 e. The van der Waals surface area contributed by atoms with E-state index in [1.807, 2.05) is 0 Å². The highest BCUT2D eigenvalue weighted by molar-refractivity contribution is 5.90. The van der Waals surface area contributed by atoms with Gasteiger partial charge >= 0.3 is 11.9 Å². The van der Waals surface area contributed by atoms with Crippen molar-refractivity contribution < 1.29 is 28.5 Å². The summed E-state index contributed by atoms with van der Waals surface area (Å²) in [5, 5.41) is 0. The second-order valence-electron chi connectivity index (χ2n) is 5.44. The summed E-state index contributed by atoms with van der Waals surface area (Å²) in [6, 6.07) is 13.4. The van der Waals surface area contributed by atoms with Gasteiger partial charge in [-0.05, 0) is 61.4 Å². The molecule has 0 radical (unpaired) electrons. The summed E-state index contributed by atoms with van der Waals surface area (Å²) in [4.78, 5) is 23.7. The molecule has 26 heavy (non-hydrogen) atoms. The topological polar surface area (TPSA) is 71.1 Å². The van der Waals surface area contributed by atoms with Crippen LogP contribution >= 0.6 is 0 Å². The molecule has 0 amide bonds. The average molecular weight is 358 g/mol. The third-order valence-electron chi connectivity index (χ3n) is 3.66. The van der Waals surface area contributed by atoms with Crippen LogP contribution in [-0.2, 0) is 9.47 Å². The van der Waals surface area contributed by atoms with Gasteiger partial charge in [0.1, 0.15) is 11.5 Å². The van der Waals surface area contributed by atoms with Gasteiger partial charge in [-0.15, -0.1) is 0 Å². The Morgan fingerprint density at radius 1 is 0.654 bits per heavy atom. The fourth-order valence-electron chi connectivity index (χ4n) is 2.15. The molecule has 6 heteroatoms. The third kappa shape index (κ3) is 5.81. The fourth-order valence-corrected chi connectivity index (χ4v) is 2.15. The summed E-state index contributed by atoms with van der Waals surface area (Å²) < 4.78 is 20.4. The van der Waals surface area contributed by atoms with Gasteiger partial charge in [0.2, 0.25) is 0 Å². The van der Waals surface area contributed by atoms with Gasteiger partial charge in [-0.25, -0.2) is 9.59 Å². The van der Waals surface area contributed by atoms with E-state index in [0.717, 1.165) is 0 Å². The van der Waals surface area contributed by atoms with E-state index in [4.69, 9.17) is 18.9 Å². The molecule has 0 unspecified atom stereocenters. The van der Waals surface area contributed by atoms with Gasteiger partial charge in [-0.2, -0.15) is 0 Å². The zero-order chi connectivity index (χ0) is 18.8. The van der Waals surface area contributed by atoms with Crippen molar-refractivity contribution in [1.29, 1.82) is 0 Å². The van der Waals surface area contributed by atoms with E-state index in [9.17, 15) is 9.59 Å². The Bertz CT molecular complexity index is 643. The van der Waals surface area contributed by atoms with Gasteiger partial charge in [0, 0.05) is 0 Å². The highest BCUT2D eigenvalue weighted by Crippen LogP contribution is 2.13. The lowest BCUT2D eigenvalue weighted by atomic mass is 10.2. The average Bonchev–Trinajstić information content (AvgIpc) is 2.70. The van der Waals surface area contributed by atoms with Crippen LogP contribution in [0.15, 0.2) is 48.5 Å². The zero-order valence-electron chi connectivity index (χ0n) is 14.9. The summed E-state index contributed by atoms with van der Waals surface area (Å²) in [6.45, 7) is 0.538. The Hall–Kier alpha value is -3.02. The molecule has 0 spiro atoms. The minimum atomic E-state index is -0.386. The molecular weight excluding hydrogens is 336 g/mol. The molecule has 0 fully saturated rings. The first-order valence-corrected chi connectivity index (χ1v) is 8.26. The van der Waals surface area contributed by atoms with Crippen LogP contribution in [0.1, 0.15) is 33.6 Å². The normalized spacial score (nSPS) is 10.1. The summed E-state index contributed by atoms with van der Waals surface area (Å²) >= 11 is 0. The Labute approximate surface area is 152 Å². The third-order valence-corrected chi connectivity index (χ3v) is 3.66. The van der Waals surface area contributed by atoms with Crippen LogP contribution in [0.3, 0.4) is 0 Å². The van der Waals surface area contributed by atoms with Crippen molar-refractivity contribution in [2.45, 2.75) is 12.8 Å². The van der Waals surface area contributed by atoms with E-state index in [0.29, 0.717) is 35.5 Å². The highest BCUT2D eigenvalue weighted by Gasteiger charge is 2.08. The van der Waals surface area contributed by atoms with E-state index in [2.05, 4.69) is 0 Å². The predicted octanol–water partition coefficient (Wildman–Crippen LogP) is 3.50. The predicted molar refractivity (Wildman–Crippen MR) is 95.8 cm³/mol. The number of rotatable bonds is 9. The van der Waals surface area contributed by atoms with Gasteiger partial charge in [0.05, 0.1) is 38.6 Å². The first kappa shape index (κ1) is 19.3.